The molecule has 5 aromatic rings. The maximum absolute atomic E-state index is 13.7. The predicted octanol–water partition coefficient (Wildman–Crippen LogP) is 6.00. The van der Waals surface area contributed by atoms with Gasteiger partial charge in [0.05, 0.1) is 18.1 Å². The molecule has 1 N–H and O–H groups in total. The molecule has 1 fully saturated rings. The molecule has 170 valence electrons. The summed E-state index contributed by atoms with van der Waals surface area (Å²) < 4.78 is 11.5. The topological polar surface area (TPSA) is 71.4 Å². The Morgan fingerprint density at radius 2 is 1.79 bits per heavy atom. The van der Waals surface area contributed by atoms with Crippen LogP contribution >= 0.6 is 0 Å². The van der Waals surface area contributed by atoms with E-state index in [-0.39, 0.29) is 5.91 Å². The molecule has 0 spiro atoms. The summed E-state index contributed by atoms with van der Waals surface area (Å²) in [6.07, 6.45) is 1.72. The molecule has 6 rings (SSSR count). The Balaban J connectivity index is 1.29. The van der Waals surface area contributed by atoms with E-state index in [1.54, 1.807) is 7.11 Å². The molecular formula is C28H25N3O3. The summed E-state index contributed by atoms with van der Waals surface area (Å²) in [5, 5.41) is 0.910. The first-order valence-electron chi connectivity index (χ1n) is 11.6. The van der Waals surface area contributed by atoms with E-state index in [9.17, 15) is 4.79 Å². The summed E-state index contributed by atoms with van der Waals surface area (Å²) >= 11 is 0. The minimum Gasteiger partial charge on any atom is -0.497 e. The number of likely N-dealkylation sites (tertiary alicyclic amines) is 1. The number of furan rings is 1. The molecule has 1 saturated heterocycles. The van der Waals surface area contributed by atoms with Gasteiger partial charge in [0.2, 0.25) is 5.76 Å². The second-order valence-corrected chi connectivity index (χ2v) is 8.74. The molecule has 3 aromatic carbocycles. The number of carbonyl (C=O) groups excluding carboxylic acids is 1. The number of hydrogen-bond acceptors (Lipinski definition) is 4. The molecule has 1 aliphatic rings. The fourth-order valence-corrected chi connectivity index (χ4v) is 4.91. The van der Waals surface area contributed by atoms with Gasteiger partial charge in [-0.25, -0.2) is 4.98 Å². The van der Waals surface area contributed by atoms with E-state index in [1.807, 2.05) is 77.7 Å². The fourth-order valence-electron chi connectivity index (χ4n) is 4.91. The van der Waals surface area contributed by atoms with E-state index in [0.29, 0.717) is 36.1 Å². The standard InChI is InChI=1S/C28H25N3O3/c1-33-20-11-12-21-24(17-20)34-26(25(21)18-7-3-2-4-8-18)28(32)31-15-13-19(14-16-31)27-29-22-9-5-6-10-23(22)30-27/h2-12,17,19H,13-16H2,1H3,(H,29,30). The molecule has 0 saturated carbocycles. The molecule has 1 aliphatic heterocycles. The lowest BCUT2D eigenvalue weighted by Gasteiger charge is -2.30. The van der Waals surface area contributed by atoms with Crippen LogP contribution in [0.15, 0.2) is 77.2 Å². The Morgan fingerprint density at radius 3 is 2.56 bits per heavy atom. The number of ether oxygens (including phenoxy) is 1. The van der Waals surface area contributed by atoms with Gasteiger partial charge in [-0.2, -0.15) is 0 Å². The largest absolute Gasteiger partial charge is 0.497 e. The first kappa shape index (κ1) is 20.5. The van der Waals surface area contributed by atoms with Gasteiger partial charge in [-0.15, -0.1) is 0 Å². The average Bonchev–Trinajstić information content (AvgIpc) is 3.50. The third-order valence-electron chi connectivity index (χ3n) is 6.73. The fraction of sp³-hybridized carbons (Fsp3) is 0.214. The van der Waals surface area contributed by atoms with Crippen molar-refractivity contribution in [3.05, 3.63) is 84.4 Å². The van der Waals surface area contributed by atoms with Gasteiger partial charge in [-0.05, 0) is 42.7 Å². The number of para-hydroxylation sites is 2. The summed E-state index contributed by atoms with van der Waals surface area (Å²) in [5.41, 5.74) is 4.50. The second kappa shape index (κ2) is 8.37. The second-order valence-electron chi connectivity index (χ2n) is 8.74. The number of fused-ring (bicyclic) bond motifs is 2. The van der Waals surface area contributed by atoms with Crippen molar-refractivity contribution in [2.75, 3.05) is 20.2 Å². The van der Waals surface area contributed by atoms with Crippen LogP contribution in [0.4, 0.5) is 0 Å². The molecule has 2 aromatic heterocycles. The monoisotopic (exact) mass is 451 g/mol. The van der Waals surface area contributed by atoms with E-state index >= 15 is 0 Å². The van der Waals surface area contributed by atoms with Crippen LogP contribution in [0, 0.1) is 0 Å². The van der Waals surface area contributed by atoms with Gasteiger partial charge in [0.1, 0.15) is 17.2 Å². The first-order chi connectivity index (χ1) is 16.7. The number of imidazole rings is 1. The summed E-state index contributed by atoms with van der Waals surface area (Å²) in [6, 6.07) is 23.7. The number of aromatic nitrogens is 2. The van der Waals surface area contributed by atoms with Crippen molar-refractivity contribution < 1.29 is 13.9 Å². The zero-order chi connectivity index (χ0) is 23.1. The predicted molar refractivity (Wildman–Crippen MR) is 132 cm³/mol. The summed E-state index contributed by atoms with van der Waals surface area (Å²) in [5.74, 6) is 2.33. The van der Waals surface area contributed by atoms with Crippen molar-refractivity contribution >= 4 is 27.9 Å². The highest BCUT2D eigenvalue weighted by Gasteiger charge is 2.30. The summed E-state index contributed by atoms with van der Waals surface area (Å²) in [7, 11) is 1.63. The number of nitrogens with one attached hydrogen (secondary N) is 1. The average molecular weight is 452 g/mol. The third kappa shape index (κ3) is 3.52. The number of rotatable bonds is 4. The van der Waals surface area contributed by atoms with Crippen LogP contribution in [-0.4, -0.2) is 41.0 Å². The Bertz CT molecular complexity index is 1440. The highest BCUT2D eigenvalue weighted by atomic mass is 16.5. The van der Waals surface area contributed by atoms with E-state index in [1.165, 1.54) is 0 Å². The SMILES string of the molecule is COc1ccc2c(-c3ccccc3)c(C(=O)N3CCC(c4nc5ccccc5[nH]4)CC3)oc2c1. The molecule has 6 nitrogen and oxygen atoms in total. The molecular weight excluding hydrogens is 426 g/mol. The number of methoxy groups -OCH3 is 1. The van der Waals surface area contributed by atoms with Crippen LogP contribution in [-0.2, 0) is 0 Å². The molecule has 0 bridgehead atoms. The van der Waals surface area contributed by atoms with Gasteiger partial charge in [0.25, 0.3) is 5.91 Å². The number of amides is 1. The maximum Gasteiger partial charge on any atom is 0.290 e. The van der Waals surface area contributed by atoms with Crippen LogP contribution in [0.1, 0.15) is 35.1 Å². The van der Waals surface area contributed by atoms with Crippen molar-refractivity contribution in [2.45, 2.75) is 18.8 Å². The zero-order valence-corrected chi connectivity index (χ0v) is 19.0. The summed E-state index contributed by atoms with van der Waals surface area (Å²) in [4.78, 5) is 23.8. The van der Waals surface area contributed by atoms with Crippen molar-refractivity contribution in [1.29, 1.82) is 0 Å². The number of aromatic amines is 1. The molecule has 6 heteroatoms. The Labute approximate surface area is 197 Å². The van der Waals surface area contributed by atoms with E-state index < -0.39 is 0 Å². The van der Waals surface area contributed by atoms with Gasteiger partial charge >= 0.3 is 0 Å². The number of carbonyl (C=O) groups is 1. The van der Waals surface area contributed by atoms with Crippen molar-refractivity contribution in [3.63, 3.8) is 0 Å². The lowest BCUT2D eigenvalue weighted by molar-refractivity contribution is 0.0682. The minimum absolute atomic E-state index is 0.0722. The van der Waals surface area contributed by atoms with Gasteiger partial charge in [0, 0.05) is 36.0 Å². The number of nitrogens with zero attached hydrogens (tertiary/aromatic N) is 2. The normalized spacial score (nSPS) is 14.7. The zero-order valence-electron chi connectivity index (χ0n) is 19.0. The van der Waals surface area contributed by atoms with E-state index in [0.717, 1.165) is 46.2 Å². The smallest absolute Gasteiger partial charge is 0.290 e. The van der Waals surface area contributed by atoms with E-state index in [4.69, 9.17) is 14.1 Å². The highest BCUT2D eigenvalue weighted by molar-refractivity contribution is 6.08. The Hall–Kier alpha value is -4.06. The van der Waals surface area contributed by atoms with Crippen LogP contribution in [0.3, 0.4) is 0 Å². The maximum atomic E-state index is 13.7. The molecule has 34 heavy (non-hydrogen) atoms. The van der Waals surface area contributed by atoms with Gasteiger partial charge < -0.3 is 19.0 Å². The number of hydrogen-bond donors (Lipinski definition) is 1. The van der Waals surface area contributed by atoms with Crippen molar-refractivity contribution in [2.24, 2.45) is 0 Å². The lowest BCUT2D eigenvalue weighted by atomic mass is 9.95. The van der Waals surface area contributed by atoms with Crippen LogP contribution in [0.5, 0.6) is 5.75 Å². The number of benzene rings is 3. The first-order valence-corrected chi connectivity index (χ1v) is 11.6. The Morgan fingerprint density at radius 1 is 1.03 bits per heavy atom. The molecule has 0 unspecified atom stereocenters. The van der Waals surface area contributed by atoms with Gasteiger partial charge in [0.15, 0.2) is 0 Å². The molecule has 0 radical (unpaired) electrons. The number of piperidine rings is 1. The summed E-state index contributed by atoms with van der Waals surface area (Å²) in [6.45, 7) is 1.32. The van der Waals surface area contributed by atoms with Gasteiger partial charge in [-0.3, -0.25) is 4.79 Å². The lowest BCUT2D eigenvalue weighted by Crippen LogP contribution is -2.38. The van der Waals surface area contributed by atoms with Crippen LogP contribution < -0.4 is 4.74 Å². The molecule has 1 amide bonds. The highest BCUT2D eigenvalue weighted by Crippen LogP contribution is 2.38. The molecule has 0 atom stereocenters. The van der Waals surface area contributed by atoms with Crippen molar-refractivity contribution in [1.82, 2.24) is 14.9 Å². The van der Waals surface area contributed by atoms with Gasteiger partial charge in [-0.1, -0.05) is 42.5 Å². The quantitative estimate of drug-likeness (QED) is 0.364. The molecule has 0 aliphatic carbocycles. The number of H-pyrrole nitrogens is 1. The minimum atomic E-state index is -0.0722. The molecule has 3 heterocycles. The van der Waals surface area contributed by atoms with Crippen LogP contribution in [0.25, 0.3) is 33.1 Å². The van der Waals surface area contributed by atoms with Crippen LogP contribution in [0.2, 0.25) is 0 Å². The third-order valence-corrected chi connectivity index (χ3v) is 6.73. The van der Waals surface area contributed by atoms with E-state index in [2.05, 4.69) is 4.98 Å². The Kier molecular flexibility index (Phi) is 5.06. The van der Waals surface area contributed by atoms with Crippen molar-refractivity contribution in [3.8, 4) is 16.9 Å².